The average molecular weight is 310 g/mol. The first-order valence-corrected chi connectivity index (χ1v) is 8.51. The molecule has 1 saturated heterocycles. The first-order chi connectivity index (χ1) is 10.2. The van der Waals surface area contributed by atoms with Crippen molar-refractivity contribution in [2.24, 2.45) is 0 Å². The molecule has 1 aliphatic carbocycles. The lowest BCUT2D eigenvalue weighted by molar-refractivity contribution is 0.203. The molecule has 1 saturated carbocycles. The van der Waals surface area contributed by atoms with E-state index in [1.165, 1.54) is 45.2 Å². The molecular weight excluding hydrogens is 286 g/mol. The lowest BCUT2D eigenvalue weighted by Crippen LogP contribution is -2.31. The third-order valence-electron chi connectivity index (χ3n) is 4.25. The van der Waals surface area contributed by atoms with Crippen LogP contribution in [0.5, 0.6) is 5.88 Å². The summed E-state index contributed by atoms with van der Waals surface area (Å²) in [5, 5.41) is 0.567. The first kappa shape index (κ1) is 15.0. The second-order valence-corrected chi connectivity index (χ2v) is 6.54. The van der Waals surface area contributed by atoms with E-state index in [2.05, 4.69) is 14.9 Å². The van der Waals surface area contributed by atoms with Crippen molar-refractivity contribution >= 4 is 11.6 Å². The summed E-state index contributed by atoms with van der Waals surface area (Å²) in [6.07, 6.45) is 7.46. The zero-order chi connectivity index (χ0) is 14.7. The van der Waals surface area contributed by atoms with Crippen LogP contribution in [0.1, 0.15) is 56.0 Å². The second kappa shape index (κ2) is 6.93. The van der Waals surface area contributed by atoms with Crippen molar-refractivity contribution in [3.8, 4) is 5.88 Å². The van der Waals surface area contributed by atoms with Crippen molar-refractivity contribution < 1.29 is 4.74 Å². The predicted molar refractivity (Wildman–Crippen MR) is 84.2 cm³/mol. The molecule has 116 valence electrons. The van der Waals surface area contributed by atoms with E-state index in [9.17, 15) is 0 Å². The van der Waals surface area contributed by atoms with Gasteiger partial charge in [-0.2, -0.15) is 4.98 Å². The quantitative estimate of drug-likeness (QED) is 0.753. The van der Waals surface area contributed by atoms with Crippen LogP contribution in [0, 0.1) is 6.92 Å². The zero-order valence-electron chi connectivity index (χ0n) is 12.8. The number of aromatic nitrogens is 2. The highest BCUT2D eigenvalue weighted by Crippen LogP contribution is 2.39. The monoisotopic (exact) mass is 309 g/mol. The number of rotatable bonds is 6. The molecule has 0 unspecified atom stereocenters. The standard InChI is InChI=1S/C16H24ClN3O/c1-12-14(17)16(19-15(18-12)13-6-7-13)21-11-5-10-20-8-3-2-4-9-20/h13H,2-11H2,1H3. The third kappa shape index (κ3) is 4.07. The van der Waals surface area contributed by atoms with Crippen LogP contribution >= 0.6 is 11.6 Å². The number of halogens is 1. The molecule has 5 heteroatoms. The van der Waals surface area contributed by atoms with E-state index < -0.39 is 0 Å². The van der Waals surface area contributed by atoms with E-state index >= 15 is 0 Å². The van der Waals surface area contributed by atoms with Crippen molar-refractivity contribution in [1.82, 2.24) is 14.9 Å². The summed E-state index contributed by atoms with van der Waals surface area (Å²) in [6.45, 7) is 6.18. The van der Waals surface area contributed by atoms with Gasteiger partial charge in [0.15, 0.2) is 0 Å². The van der Waals surface area contributed by atoms with Crippen LogP contribution in [0.15, 0.2) is 0 Å². The fourth-order valence-electron chi connectivity index (χ4n) is 2.81. The highest BCUT2D eigenvalue weighted by molar-refractivity contribution is 6.32. The molecule has 3 rings (SSSR count). The van der Waals surface area contributed by atoms with Crippen LogP contribution in [0.25, 0.3) is 0 Å². The Kier molecular flexibility index (Phi) is 4.96. The molecule has 0 aromatic carbocycles. The smallest absolute Gasteiger partial charge is 0.236 e. The number of nitrogens with zero attached hydrogens (tertiary/aromatic N) is 3. The molecule has 0 atom stereocenters. The van der Waals surface area contributed by atoms with Gasteiger partial charge in [-0.05, 0) is 52.1 Å². The van der Waals surface area contributed by atoms with Gasteiger partial charge in [0, 0.05) is 12.5 Å². The van der Waals surface area contributed by atoms with Gasteiger partial charge in [0.25, 0.3) is 0 Å². The highest BCUT2D eigenvalue weighted by Gasteiger charge is 2.28. The third-order valence-corrected chi connectivity index (χ3v) is 4.69. The van der Waals surface area contributed by atoms with E-state index in [4.69, 9.17) is 16.3 Å². The maximum Gasteiger partial charge on any atom is 0.236 e. The van der Waals surface area contributed by atoms with E-state index in [1.807, 2.05) is 6.92 Å². The van der Waals surface area contributed by atoms with Gasteiger partial charge in [-0.25, -0.2) is 4.98 Å². The summed E-state index contributed by atoms with van der Waals surface area (Å²) < 4.78 is 5.82. The molecule has 1 aromatic rings. The number of hydrogen-bond acceptors (Lipinski definition) is 4. The number of aryl methyl sites for hydroxylation is 1. The Morgan fingerprint density at radius 3 is 2.67 bits per heavy atom. The Bertz CT molecular complexity index is 485. The SMILES string of the molecule is Cc1nc(C2CC2)nc(OCCCN2CCCCC2)c1Cl. The van der Waals surface area contributed by atoms with Crippen LogP contribution < -0.4 is 4.74 Å². The van der Waals surface area contributed by atoms with Gasteiger partial charge in [0.2, 0.25) is 5.88 Å². The molecule has 1 aliphatic heterocycles. The Hall–Kier alpha value is -0.870. The largest absolute Gasteiger partial charge is 0.476 e. The summed E-state index contributed by atoms with van der Waals surface area (Å²) in [4.78, 5) is 11.5. The zero-order valence-corrected chi connectivity index (χ0v) is 13.5. The van der Waals surface area contributed by atoms with Crippen molar-refractivity contribution in [3.63, 3.8) is 0 Å². The van der Waals surface area contributed by atoms with Gasteiger partial charge in [-0.15, -0.1) is 0 Å². The number of ether oxygens (including phenoxy) is 1. The van der Waals surface area contributed by atoms with E-state index in [0.29, 0.717) is 23.4 Å². The van der Waals surface area contributed by atoms with Crippen molar-refractivity contribution in [2.45, 2.75) is 51.4 Å². The highest BCUT2D eigenvalue weighted by atomic mass is 35.5. The van der Waals surface area contributed by atoms with Crippen LogP contribution in [0.4, 0.5) is 0 Å². The van der Waals surface area contributed by atoms with Gasteiger partial charge >= 0.3 is 0 Å². The minimum Gasteiger partial charge on any atom is -0.476 e. The topological polar surface area (TPSA) is 38.3 Å². The van der Waals surface area contributed by atoms with E-state index in [0.717, 1.165) is 24.5 Å². The minimum atomic E-state index is 0.525. The molecule has 0 bridgehead atoms. The summed E-state index contributed by atoms with van der Waals surface area (Å²) in [7, 11) is 0. The fourth-order valence-corrected chi connectivity index (χ4v) is 2.95. The van der Waals surface area contributed by atoms with Gasteiger partial charge in [0.05, 0.1) is 12.3 Å². The van der Waals surface area contributed by atoms with Crippen molar-refractivity contribution in [2.75, 3.05) is 26.2 Å². The van der Waals surface area contributed by atoms with Crippen LogP contribution in [0.3, 0.4) is 0 Å². The average Bonchev–Trinajstić information content (AvgIpc) is 3.33. The second-order valence-electron chi connectivity index (χ2n) is 6.16. The van der Waals surface area contributed by atoms with Gasteiger partial charge in [-0.1, -0.05) is 18.0 Å². The summed E-state index contributed by atoms with van der Waals surface area (Å²) in [5.74, 6) is 2.00. The number of likely N-dealkylation sites (tertiary alicyclic amines) is 1. The van der Waals surface area contributed by atoms with Crippen molar-refractivity contribution in [1.29, 1.82) is 0 Å². The Morgan fingerprint density at radius 1 is 1.19 bits per heavy atom. The Balaban J connectivity index is 1.50. The molecule has 4 nitrogen and oxygen atoms in total. The van der Waals surface area contributed by atoms with E-state index in [-0.39, 0.29) is 0 Å². The van der Waals surface area contributed by atoms with Gasteiger partial charge in [0.1, 0.15) is 10.8 Å². The predicted octanol–water partition coefficient (Wildman–Crippen LogP) is 3.57. The van der Waals surface area contributed by atoms with Gasteiger partial charge in [-0.3, -0.25) is 0 Å². The molecule has 0 amide bonds. The fraction of sp³-hybridized carbons (Fsp3) is 0.750. The minimum absolute atomic E-state index is 0.525. The molecule has 0 spiro atoms. The molecule has 1 aromatic heterocycles. The molecule has 2 heterocycles. The lowest BCUT2D eigenvalue weighted by atomic mass is 10.1. The summed E-state index contributed by atoms with van der Waals surface area (Å²) >= 11 is 6.26. The maximum absolute atomic E-state index is 6.26. The van der Waals surface area contributed by atoms with Crippen molar-refractivity contribution in [3.05, 3.63) is 16.5 Å². The molecule has 0 N–H and O–H groups in total. The van der Waals surface area contributed by atoms with Crippen LogP contribution in [-0.4, -0.2) is 41.1 Å². The van der Waals surface area contributed by atoms with E-state index in [1.54, 1.807) is 0 Å². The molecular formula is C16H24ClN3O. The molecule has 21 heavy (non-hydrogen) atoms. The molecule has 2 aliphatic rings. The van der Waals surface area contributed by atoms with Gasteiger partial charge < -0.3 is 9.64 Å². The Morgan fingerprint density at radius 2 is 1.95 bits per heavy atom. The summed E-state index contributed by atoms with van der Waals surface area (Å²) in [5.41, 5.74) is 0.833. The maximum atomic E-state index is 6.26. The Labute approximate surface area is 131 Å². The summed E-state index contributed by atoms with van der Waals surface area (Å²) in [6, 6.07) is 0. The van der Waals surface area contributed by atoms with Crippen LogP contribution in [0.2, 0.25) is 5.02 Å². The van der Waals surface area contributed by atoms with Crippen LogP contribution in [-0.2, 0) is 0 Å². The lowest BCUT2D eigenvalue weighted by Gasteiger charge is -2.26. The molecule has 0 radical (unpaired) electrons. The number of piperidine rings is 1. The molecule has 2 fully saturated rings. The number of hydrogen-bond donors (Lipinski definition) is 0. The normalized spacial score (nSPS) is 19.7. The first-order valence-electron chi connectivity index (χ1n) is 8.13.